The summed E-state index contributed by atoms with van der Waals surface area (Å²) in [7, 11) is 0. The molecule has 0 radical (unpaired) electrons. The lowest BCUT2D eigenvalue weighted by molar-refractivity contribution is -0.496. The van der Waals surface area contributed by atoms with E-state index in [1.165, 1.54) is 6.92 Å². The van der Waals surface area contributed by atoms with Crippen molar-refractivity contribution in [3.8, 4) is 0 Å². The van der Waals surface area contributed by atoms with Crippen LogP contribution in [-0.4, -0.2) is 29.3 Å². The van der Waals surface area contributed by atoms with Crippen LogP contribution in [0.3, 0.4) is 0 Å². The smallest absolute Gasteiger partial charge is 0.389 e. The minimum absolute atomic E-state index is 0.0243. The third-order valence-electron chi connectivity index (χ3n) is 1.11. The highest BCUT2D eigenvalue weighted by molar-refractivity contribution is 6.00. The number of hydrogen-bond acceptors (Lipinski definition) is 5. The molecule has 0 rings (SSSR count). The highest BCUT2D eigenvalue weighted by Gasteiger charge is 2.36. The molecule has 12 heavy (non-hydrogen) atoms. The van der Waals surface area contributed by atoms with Gasteiger partial charge < -0.3 is 4.74 Å². The molecule has 0 aliphatic carbocycles. The first-order valence-electron chi connectivity index (χ1n) is 3.31. The summed E-state index contributed by atoms with van der Waals surface area (Å²) >= 11 is 0. The first kappa shape index (κ1) is 10.5. The summed E-state index contributed by atoms with van der Waals surface area (Å²) in [6.45, 7) is 2.51. The minimum Gasteiger partial charge on any atom is -0.461 e. The molecule has 0 aliphatic rings. The SMILES string of the molecule is CCOC(=O)[C@H](C(C)=O)[N+](=O)[O-]. The molecular weight excluding hydrogens is 166 g/mol. The molecule has 0 aromatic heterocycles. The zero-order chi connectivity index (χ0) is 9.72. The quantitative estimate of drug-likeness (QED) is 0.255. The Morgan fingerprint density at radius 2 is 2.08 bits per heavy atom. The second-order valence-electron chi connectivity index (χ2n) is 2.05. The Morgan fingerprint density at radius 3 is 2.33 bits per heavy atom. The molecule has 0 fully saturated rings. The average molecular weight is 175 g/mol. The third kappa shape index (κ3) is 2.65. The van der Waals surface area contributed by atoms with E-state index >= 15 is 0 Å². The van der Waals surface area contributed by atoms with E-state index in [1.54, 1.807) is 0 Å². The molecular formula is C6H9NO5. The van der Waals surface area contributed by atoms with Gasteiger partial charge in [0.05, 0.1) is 6.61 Å². The second-order valence-corrected chi connectivity index (χ2v) is 2.05. The number of esters is 1. The molecule has 68 valence electrons. The monoisotopic (exact) mass is 175 g/mol. The predicted molar refractivity (Wildman–Crippen MR) is 38.1 cm³/mol. The molecule has 0 aliphatic heterocycles. The summed E-state index contributed by atoms with van der Waals surface area (Å²) < 4.78 is 4.33. The predicted octanol–water partition coefficient (Wildman–Crippen LogP) is -0.216. The Kier molecular flexibility index (Phi) is 3.89. The van der Waals surface area contributed by atoms with E-state index in [0.29, 0.717) is 0 Å². The fourth-order valence-electron chi connectivity index (χ4n) is 0.622. The van der Waals surface area contributed by atoms with Crippen LogP contribution in [-0.2, 0) is 14.3 Å². The van der Waals surface area contributed by atoms with Crippen molar-refractivity contribution < 1.29 is 19.2 Å². The zero-order valence-corrected chi connectivity index (χ0v) is 6.77. The Hall–Kier alpha value is -1.46. The van der Waals surface area contributed by atoms with Crippen LogP contribution in [0.2, 0.25) is 0 Å². The zero-order valence-electron chi connectivity index (χ0n) is 6.77. The van der Waals surface area contributed by atoms with Crippen LogP contribution < -0.4 is 0 Å². The van der Waals surface area contributed by atoms with Gasteiger partial charge in [0, 0.05) is 11.8 Å². The van der Waals surface area contributed by atoms with Crippen LogP contribution in [0.1, 0.15) is 13.8 Å². The number of hydrogen-bond donors (Lipinski definition) is 0. The number of ether oxygens (including phenoxy) is 1. The van der Waals surface area contributed by atoms with Gasteiger partial charge in [-0.05, 0) is 6.92 Å². The van der Waals surface area contributed by atoms with E-state index in [-0.39, 0.29) is 6.61 Å². The second kappa shape index (κ2) is 4.42. The van der Waals surface area contributed by atoms with E-state index in [2.05, 4.69) is 4.74 Å². The normalized spacial score (nSPS) is 11.8. The highest BCUT2D eigenvalue weighted by Crippen LogP contribution is 1.95. The van der Waals surface area contributed by atoms with Gasteiger partial charge in [0.25, 0.3) is 0 Å². The van der Waals surface area contributed by atoms with Gasteiger partial charge in [-0.1, -0.05) is 0 Å². The largest absolute Gasteiger partial charge is 0.461 e. The van der Waals surface area contributed by atoms with Crippen molar-refractivity contribution in [2.24, 2.45) is 0 Å². The molecule has 0 heterocycles. The summed E-state index contributed by atoms with van der Waals surface area (Å²) in [6.07, 6.45) is 0. The molecule has 0 saturated heterocycles. The fourth-order valence-corrected chi connectivity index (χ4v) is 0.622. The average Bonchev–Trinajstić information content (AvgIpc) is 1.85. The molecule has 0 aromatic carbocycles. The Bertz CT molecular complexity index is 198. The van der Waals surface area contributed by atoms with Crippen molar-refractivity contribution in [1.29, 1.82) is 0 Å². The van der Waals surface area contributed by atoms with Gasteiger partial charge in [-0.15, -0.1) is 0 Å². The van der Waals surface area contributed by atoms with Crippen molar-refractivity contribution in [3.05, 3.63) is 10.1 Å². The molecule has 6 heteroatoms. The molecule has 6 nitrogen and oxygen atoms in total. The molecule has 0 N–H and O–H groups in total. The topological polar surface area (TPSA) is 86.5 Å². The first-order valence-corrected chi connectivity index (χ1v) is 3.31. The maximum Gasteiger partial charge on any atom is 0.389 e. The maximum atomic E-state index is 10.7. The molecule has 0 spiro atoms. The van der Waals surface area contributed by atoms with E-state index in [4.69, 9.17) is 0 Å². The van der Waals surface area contributed by atoms with Gasteiger partial charge in [-0.2, -0.15) is 0 Å². The molecule has 0 bridgehead atoms. The maximum absolute atomic E-state index is 10.7. The van der Waals surface area contributed by atoms with Crippen LogP contribution in [0.25, 0.3) is 0 Å². The van der Waals surface area contributed by atoms with E-state index < -0.39 is 22.7 Å². The Balaban J connectivity index is 4.41. The van der Waals surface area contributed by atoms with Crippen molar-refractivity contribution in [3.63, 3.8) is 0 Å². The number of rotatable bonds is 4. The van der Waals surface area contributed by atoms with Gasteiger partial charge in [0.1, 0.15) is 0 Å². The lowest BCUT2D eigenvalue weighted by atomic mass is 10.2. The summed E-state index contributed by atoms with van der Waals surface area (Å²) in [5.74, 6) is -1.92. The standard InChI is InChI=1S/C6H9NO5/c1-3-12-6(9)5(4(2)8)7(10)11/h5H,3H2,1-2H3/t5-/m0/s1. The molecule has 1 atom stereocenters. The van der Waals surface area contributed by atoms with Crippen LogP contribution in [0.5, 0.6) is 0 Å². The number of Topliss-reactive ketones (excluding diaryl/α,β-unsaturated/α-hetero) is 1. The number of ketones is 1. The van der Waals surface area contributed by atoms with Crippen molar-refractivity contribution in [2.45, 2.75) is 19.9 Å². The van der Waals surface area contributed by atoms with Gasteiger partial charge in [0.15, 0.2) is 0 Å². The van der Waals surface area contributed by atoms with Crippen LogP contribution >= 0.6 is 0 Å². The van der Waals surface area contributed by atoms with Crippen LogP contribution in [0.4, 0.5) is 0 Å². The number of carbonyl (C=O) groups is 2. The number of carbonyl (C=O) groups excluding carboxylic acids is 2. The van der Waals surface area contributed by atoms with E-state index in [1.807, 2.05) is 0 Å². The molecule has 0 aromatic rings. The lowest BCUT2D eigenvalue weighted by Gasteiger charge is -2.03. The fraction of sp³-hybridized carbons (Fsp3) is 0.667. The minimum atomic E-state index is -1.87. The van der Waals surface area contributed by atoms with Crippen molar-refractivity contribution in [2.75, 3.05) is 6.61 Å². The highest BCUT2D eigenvalue weighted by atomic mass is 16.6. The van der Waals surface area contributed by atoms with Gasteiger partial charge in [-0.3, -0.25) is 14.9 Å². The van der Waals surface area contributed by atoms with E-state index in [0.717, 1.165) is 6.92 Å². The van der Waals surface area contributed by atoms with Crippen LogP contribution in [0.15, 0.2) is 0 Å². The van der Waals surface area contributed by atoms with Gasteiger partial charge in [0.2, 0.25) is 5.78 Å². The van der Waals surface area contributed by atoms with Crippen LogP contribution in [0, 0.1) is 10.1 Å². The van der Waals surface area contributed by atoms with Gasteiger partial charge in [-0.25, -0.2) is 4.79 Å². The Labute approximate surface area is 68.7 Å². The molecule has 0 unspecified atom stereocenters. The Morgan fingerprint density at radius 1 is 1.58 bits per heavy atom. The van der Waals surface area contributed by atoms with Crippen molar-refractivity contribution >= 4 is 11.8 Å². The summed E-state index contributed by atoms with van der Waals surface area (Å²) in [5.41, 5.74) is 0. The summed E-state index contributed by atoms with van der Waals surface area (Å²) in [5, 5.41) is 10.1. The summed E-state index contributed by atoms with van der Waals surface area (Å²) in [6, 6.07) is -1.87. The number of nitro groups is 1. The molecule has 0 saturated carbocycles. The summed E-state index contributed by atoms with van der Waals surface area (Å²) in [4.78, 5) is 30.5. The molecule has 0 amide bonds. The van der Waals surface area contributed by atoms with E-state index in [9.17, 15) is 19.7 Å². The number of nitrogens with zero attached hydrogens (tertiary/aromatic N) is 1. The first-order chi connectivity index (χ1) is 5.50. The van der Waals surface area contributed by atoms with Crippen molar-refractivity contribution in [1.82, 2.24) is 0 Å². The van der Waals surface area contributed by atoms with Gasteiger partial charge >= 0.3 is 12.0 Å². The lowest BCUT2D eigenvalue weighted by Crippen LogP contribution is -2.37. The third-order valence-corrected chi connectivity index (χ3v) is 1.11.